The number of rotatable bonds is 6. The summed E-state index contributed by atoms with van der Waals surface area (Å²) in [6.07, 6.45) is 0. The third-order valence-corrected chi connectivity index (χ3v) is 2.26. The molecular weight excluding hydrogens is 282 g/mol. The second kappa shape index (κ2) is 8.27. The molecule has 0 atom stereocenters. The summed E-state index contributed by atoms with van der Waals surface area (Å²) < 4.78 is 10.7. The number of hydrogen-bond acceptors (Lipinski definition) is 4. The fraction of sp³-hybridized carbons (Fsp3) is 0.714. The van der Waals surface area contributed by atoms with E-state index in [-0.39, 0.29) is 31.5 Å². The number of esters is 2. The molecule has 5 nitrogen and oxygen atoms in total. The van der Waals surface area contributed by atoms with Crippen LogP contribution in [-0.2, 0) is 19.1 Å². The quantitative estimate of drug-likeness (QED) is 0.341. The number of carbonyl (C=O) groups is 2. The number of halogens is 1. The number of quaternary nitrogens is 1. The Bertz CT molecular complexity index is 359. The molecule has 0 aliphatic heterocycles. The Kier molecular flexibility index (Phi) is 8.78. The van der Waals surface area contributed by atoms with E-state index in [1.807, 2.05) is 34.9 Å². The molecule has 0 N–H and O–H groups in total. The van der Waals surface area contributed by atoms with Crippen LogP contribution in [0.25, 0.3) is 0 Å². The van der Waals surface area contributed by atoms with E-state index in [1.165, 1.54) is 0 Å². The monoisotopic (exact) mass is 307 g/mol. The molecule has 0 spiro atoms. The molecule has 118 valence electrons. The highest BCUT2D eigenvalue weighted by Gasteiger charge is 2.25. The largest absolute Gasteiger partial charge is 1.00 e. The minimum absolute atomic E-state index is 0. The topological polar surface area (TPSA) is 52.6 Å². The first kappa shape index (κ1) is 21.2. The second-order valence-electron chi connectivity index (χ2n) is 6.32. The maximum Gasteiger partial charge on any atom is 0.362 e. The number of likely N-dealkylation sites (N-methyl/N-ethyl adjacent to an activating group) is 1. The maximum absolute atomic E-state index is 11.7. The van der Waals surface area contributed by atoms with Gasteiger partial charge in [-0.05, 0) is 27.7 Å². The predicted molar refractivity (Wildman–Crippen MR) is 73.5 cm³/mol. The standard InChI is InChI=1S/C14H26NO4.ClH/c1-11(2)13(17)18-9-8-15(6,7)10-12(16)19-14(3,4)5;/h1,8-10H2,2-7H3;1H/q+1;/p-1. The molecule has 0 saturated heterocycles. The Labute approximate surface area is 127 Å². The fourth-order valence-corrected chi connectivity index (χ4v) is 1.31. The van der Waals surface area contributed by atoms with Gasteiger partial charge in [-0.1, -0.05) is 6.58 Å². The third-order valence-electron chi connectivity index (χ3n) is 2.26. The molecule has 0 heterocycles. The van der Waals surface area contributed by atoms with Crippen LogP contribution in [0.1, 0.15) is 27.7 Å². The number of carbonyl (C=O) groups excluding carboxylic acids is 2. The van der Waals surface area contributed by atoms with Gasteiger partial charge in [0.15, 0.2) is 6.54 Å². The molecule has 0 rings (SSSR count). The summed E-state index contributed by atoms with van der Waals surface area (Å²) in [7, 11) is 3.77. The summed E-state index contributed by atoms with van der Waals surface area (Å²) in [5.74, 6) is -0.666. The molecule has 0 radical (unpaired) electrons. The summed E-state index contributed by atoms with van der Waals surface area (Å²) in [6.45, 7) is 11.6. The molecule has 0 aromatic rings. The molecule has 0 aromatic heterocycles. The van der Waals surface area contributed by atoms with Crippen LogP contribution in [0.2, 0.25) is 0 Å². The average molecular weight is 308 g/mol. The number of hydrogen-bond donors (Lipinski definition) is 0. The zero-order valence-electron chi connectivity index (χ0n) is 13.3. The lowest BCUT2D eigenvalue weighted by Crippen LogP contribution is -3.00. The van der Waals surface area contributed by atoms with Gasteiger partial charge in [-0.15, -0.1) is 0 Å². The molecule has 0 aromatic carbocycles. The SMILES string of the molecule is C=C(C)C(=O)OCC[N+](C)(C)CC(=O)OC(C)(C)C.[Cl-]. The van der Waals surface area contributed by atoms with E-state index < -0.39 is 11.6 Å². The minimum Gasteiger partial charge on any atom is -1.00 e. The highest BCUT2D eigenvalue weighted by atomic mass is 35.5. The highest BCUT2D eigenvalue weighted by Crippen LogP contribution is 2.09. The van der Waals surface area contributed by atoms with Gasteiger partial charge in [0.05, 0.1) is 14.1 Å². The van der Waals surface area contributed by atoms with Crippen molar-refractivity contribution in [3.63, 3.8) is 0 Å². The van der Waals surface area contributed by atoms with Gasteiger partial charge in [-0.2, -0.15) is 0 Å². The summed E-state index contributed by atoms with van der Waals surface area (Å²) in [5, 5.41) is 0. The summed E-state index contributed by atoms with van der Waals surface area (Å²) >= 11 is 0. The van der Waals surface area contributed by atoms with Crippen molar-refractivity contribution in [1.82, 2.24) is 0 Å². The molecular formula is C14H26ClNO4. The molecule has 0 saturated carbocycles. The van der Waals surface area contributed by atoms with E-state index >= 15 is 0 Å². The van der Waals surface area contributed by atoms with Crippen molar-refractivity contribution in [2.45, 2.75) is 33.3 Å². The Balaban J connectivity index is 0. The lowest BCUT2D eigenvalue weighted by atomic mass is 10.2. The zero-order valence-corrected chi connectivity index (χ0v) is 14.0. The zero-order chi connectivity index (χ0) is 15.3. The van der Waals surface area contributed by atoms with E-state index in [0.717, 1.165) is 0 Å². The van der Waals surface area contributed by atoms with Gasteiger partial charge in [-0.25, -0.2) is 9.59 Å². The summed E-state index contributed by atoms with van der Waals surface area (Å²) in [4.78, 5) is 22.9. The first-order valence-corrected chi connectivity index (χ1v) is 6.29. The van der Waals surface area contributed by atoms with Crippen LogP contribution in [0.3, 0.4) is 0 Å². The van der Waals surface area contributed by atoms with E-state index in [2.05, 4.69) is 6.58 Å². The van der Waals surface area contributed by atoms with Gasteiger partial charge in [0.25, 0.3) is 0 Å². The Morgan fingerprint density at radius 1 is 1.20 bits per heavy atom. The average Bonchev–Trinajstić information content (AvgIpc) is 2.12. The second-order valence-corrected chi connectivity index (χ2v) is 6.32. The summed E-state index contributed by atoms with van der Waals surface area (Å²) in [6, 6.07) is 0. The van der Waals surface area contributed by atoms with Gasteiger partial charge in [0.1, 0.15) is 18.8 Å². The van der Waals surface area contributed by atoms with E-state index in [1.54, 1.807) is 6.92 Å². The fourth-order valence-electron chi connectivity index (χ4n) is 1.31. The molecule has 0 aliphatic rings. The van der Waals surface area contributed by atoms with Crippen molar-refractivity contribution in [3.05, 3.63) is 12.2 Å². The van der Waals surface area contributed by atoms with Crippen molar-refractivity contribution in [3.8, 4) is 0 Å². The Morgan fingerprint density at radius 2 is 1.70 bits per heavy atom. The molecule has 0 amide bonds. The van der Waals surface area contributed by atoms with Crippen LogP contribution in [-0.4, -0.2) is 55.8 Å². The predicted octanol–water partition coefficient (Wildman–Crippen LogP) is -1.47. The molecule has 0 fully saturated rings. The molecule has 6 heteroatoms. The van der Waals surface area contributed by atoms with E-state index in [9.17, 15) is 9.59 Å². The summed E-state index contributed by atoms with van der Waals surface area (Å²) in [5.41, 5.74) is -0.110. The minimum atomic E-state index is -0.483. The first-order chi connectivity index (χ1) is 8.43. The molecule has 0 unspecified atom stereocenters. The Hall–Kier alpha value is -1.07. The lowest BCUT2D eigenvalue weighted by molar-refractivity contribution is -0.883. The van der Waals surface area contributed by atoms with E-state index in [4.69, 9.17) is 9.47 Å². The normalized spacial score (nSPS) is 11.3. The third kappa shape index (κ3) is 10.8. The Morgan fingerprint density at radius 3 is 2.10 bits per heavy atom. The van der Waals surface area contributed by atoms with Gasteiger partial charge in [0.2, 0.25) is 0 Å². The van der Waals surface area contributed by atoms with Crippen molar-refractivity contribution in [2.24, 2.45) is 0 Å². The van der Waals surface area contributed by atoms with Gasteiger partial charge in [-0.3, -0.25) is 0 Å². The van der Waals surface area contributed by atoms with Crippen LogP contribution >= 0.6 is 0 Å². The lowest BCUT2D eigenvalue weighted by Gasteiger charge is -2.30. The van der Waals surface area contributed by atoms with Crippen molar-refractivity contribution >= 4 is 11.9 Å². The van der Waals surface area contributed by atoms with Gasteiger partial charge < -0.3 is 26.4 Å². The number of nitrogens with zero attached hydrogens (tertiary/aromatic N) is 1. The van der Waals surface area contributed by atoms with Crippen LogP contribution < -0.4 is 12.4 Å². The van der Waals surface area contributed by atoms with Crippen molar-refractivity contribution in [2.75, 3.05) is 33.8 Å². The van der Waals surface area contributed by atoms with Crippen LogP contribution in [0.15, 0.2) is 12.2 Å². The number of ether oxygens (including phenoxy) is 2. The van der Waals surface area contributed by atoms with Crippen molar-refractivity contribution in [1.29, 1.82) is 0 Å². The van der Waals surface area contributed by atoms with Crippen LogP contribution in [0.5, 0.6) is 0 Å². The van der Waals surface area contributed by atoms with Crippen LogP contribution in [0.4, 0.5) is 0 Å². The van der Waals surface area contributed by atoms with Gasteiger partial charge in [0, 0.05) is 5.57 Å². The van der Waals surface area contributed by atoms with E-state index in [0.29, 0.717) is 16.6 Å². The molecule has 0 aliphatic carbocycles. The molecule has 0 bridgehead atoms. The highest BCUT2D eigenvalue weighted by molar-refractivity contribution is 5.86. The van der Waals surface area contributed by atoms with Crippen molar-refractivity contribution < 1.29 is 36.0 Å². The van der Waals surface area contributed by atoms with Gasteiger partial charge >= 0.3 is 11.9 Å². The first-order valence-electron chi connectivity index (χ1n) is 6.29. The van der Waals surface area contributed by atoms with Crippen LogP contribution in [0, 0.1) is 0 Å². The molecule has 20 heavy (non-hydrogen) atoms. The maximum atomic E-state index is 11.7. The smallest absolute Gasteiger partial charge is 0.362 e.